The summed E-state index contributed by atoms with van der Waals surface area (Å²) in [6, 6.07) is 2.84. The van der Waals surface area contributed by atoms with E-state index in [2.05, 4.69) is 17.2 Å². The van der Waals surface area contributed by atoms with E-state index in [1.807, 2.05) is 6.26 Å². The van der Waals surface area contributed by atoms with E-state index < -0.39 is 35.7 Å². The van der Waals surface area contributed by atoms with Crippen molar-refractivity contribution < 1.29 is 27.5 Å². The average molecular weight is 374 g/mol. The Kier molecular flexibility index (Phi) is 5.99. The summed E-state index contributed by atoms with van der Waals surface area (Å²) in [6.45, 7) is 3.86. The smallest absolute Gasteiger partial charge is 0.416 e. The first-order valence-corrected chi connectivity index (χ1v) is 8.72. The fourth-order valence-corrected chi connectivity index (χ4v) is 2.68. The topological polar surface area (TPSA) is 67.4 Å². The second-order valence-corrected chi connectivity index (χ2v) is 6.34. The van der Waals surface area contributed by atoms with Crippen LogP contribution in [0.3, 0.4) is 0 Å². The second kappa shape index (κ2) is 7.81. The highest BCUT2D eigenvalue weighted by molar-refractivity contribution is 7.98. The van der Waals surface area contributed by atoms with Gasteiger partial charge in [-0.3, -0.25) is 4.79 Å². The maximum absolute atomic E-state index is 12.7. The Labute approximate surface area is 147 Å². The first-order chi connectivity index (χ1) is 11.7. The van der Waals surface area contributed by atoms with Gasteiger partial charge in [0.25, 0.3) is 0 Å². The number of carbonyl (C=O) groups is 2. The predicted octanol–water partition coefficient (Wildman–Crippen LogP) is 3.10. The highest BCUT2D eigenvalue weighted by Gasteiger charge is 2.39. The largest absolute Gasteiger partial charge is 0.464 e. The molecule has 2 rings (SSSR count). The molecule has 2 atom stereocenters. The quantitative estimate of drug-likeness (QED) is 0.614. The number of rotatable bonds is 5. The lowest BCUT2D eigenvalue weighted by molar-refractivity contribution is -0.147. The van der Waals surface area contributed by atoms with Gasteiger partial charge in [-0.15, -0.1) is 0 Å². The van der Waals surface area contributed by atoms with Crippen molar-refractivity contribution in [3.8, 4) is 0 Å². The molecule has 136 valence electrons. The van der Waals surface area contributed by atoms with Crippen LogP contribution in [-0.2, 0) is 15.7 Å². The van der Waals surface area contributed by atoms with E-state index in [4.69, 9.17) is 4.74 Å². The normalized spacial score (nSPS) is 20.6. The summed E-state index contributed by atoms with van der Waals surface area (Å²) < 4.78 is 43.2. The molecular weight excluding hydrogens is 357 g/mol. The van der Waals surface area contributed by atoms with E-state index in [9.17, 15) is 22.8 Å². The Hall–Kier alpha value is -2.16. The molecule has 1 aromatic rings. The van der Waals surface area contributed by atoms with Crippen molar-refractivity contribution in [2.24, 2.45) is 5.92 Å². The Balaban J connectivity index is 2.25. The summed E-state index contributed by atoms with van der Waals surface area (Å²) in [4.78, 5) is 24.0. The van der Waals surface area contributed by atoms with Gasteiger partial charge in [0.15, 0.2) is 0 Å². The van der Waals surface area contributed by atoms with Crippen LogP contribution in [0.4, 0.5) is 18.0 Å². The van der Waals surface area contributed by atoms with E-state index >= 15 is 0 Å². The van der Waals surface area contributed by atoms with Crippen molar-refractivity contribution in [2.45, 2.75) is 12.2 Å². The summed E-state index contributed by atoms with van der Waals surface area (Å²) in [6.07, 6.45) is -2.60. The van der Waals surface area contributed by atoms with Crippen LogP contribution in [0.2, 0.25) is 0 Å². The molecule has 0 spiro atoms. The van der Waals surface area contributed by atoms with E-state index in [1.54, 1.807) is 0 Å². The highest BCUT2D eigenvalue weighted by atomic mass is 32.2. The van der Waals surface area contributed by atoms with Crippen LogP contribution in [0.15, 0.2) is 36.5 Å². The van der Waals surface area contributed by atoms with Gasteiger partial charge >= 0.3 is 18.2 Å². The number of esters is 1. The third kappa shape index (κ3) is 4.68. The highest BCUT2D eigenvalue weighted by Crippen LogP contribution is 2.33. The third-order valence-electron chi connectivity index (χ3n) is 3.65. The van der Waals surface area contributed by atoms with E-state index in [-0.39, 0.29) is 12.3 Å². The number of urea groups is 1. The summed E-state index contributed by atoms with van der Waals surface area (Å²) in [5.74, 6) is -0.928. The lowest BCUT2D eigenvalue weighted by Crippen LogP contribution is -2.51. The molecule has 0 radical (unpaired) electrons. The number of carbonyl (C=O) groups excluding carboxylic acids is 2. The fraction of sp³-hybridized carbons (Fsp3) is 0.375. The van der Waals surface area contributed by atoms with Gasteiger partial charge in [0, 0.05) is 11.4 Å². The monoisotopic (exact) mass is 374 g/mol. The Morgan fingerprint density at radius 2 is 1.96 bits per heavy atom. The molecule has 2 amide bonds. The fourth-order valence-electron chi connectivity index (χ4n) is 2.43. The van der Waals surface area contributed by atoms with Gasteiger partial charge in [-0.05, 0) is 24.0 Å². The second-order valence-electron chi connectivity index (χ2n) is 5.36. The van der Waals surface area contributed by atoms with Gasteiger partial charge in [-0.2, -0.15) is 24.9 Å². The van der Waals surface area contributed by atoms with E-state index in [1.165, 1.54) is 23.9 Å². The first kappa shape index (κ1) is 19.2. The third-order valence-corrected chi connectivity index (χ3v) is 4.23. The first-order valence-electron chi connectivity index (χ1n) is 7.33. The van der Waals surface area contributed by atoms with Crippen LogP contribution in [-0.4, -0.2) is 30.6 Å². The molecule has 0 bridgehead atoms. The van der Waals surface area contributed by atoms with Gasteiger partial charge in [0.1, 0.15) is 12.5 Å². The Morgan fingerprint density at radius 3 is 2.52 bits per heavy atom. The summed E-state index contributed by atoms with van der Waals surface area (Å²) in [5, 5.41) is 4.95. The molecule has 1 aromatic carbocycles. The van der Waals surface area contributed by atoms with Crippen molar-refractivity contribution >= 4 is 23.8 Å². The van der Waals surface area contributed by atoms with Gasteiger partial charge in [0.2, 0.25) is 0 Å². The zero-order valence-corrected chi connectivity index (χ0v) is 14.2. The molecule has 1 aliphatic rings. The number of nitrogens with one attached hydrogen (secondary N) is 2. The standard InChI is InChI=1S/C16H17F3N2O3S/c1-9-12(14(22)24-7-8-25-2)13(21-15(23)20-9)10-3-5-11(6-4-10)16(17,18)19/h3-6,12-13H,1,7-8H2,2H3,(H2,20,21,23)/t12-,13+/m0/s1. The molecule has 5 nitrogen and oxygen atoms in total. The molecule has 9 heteroatoms. The molecule has 1 heterocycles. The number of halogens is 3. The lowest BCUT2D eigenvalue weighted by Gasteiger charge is -2.33. The van der Waals surface area contributed by atoms with Crippen LogP contribution in [0.1, 0.15) is 17.2 Å². The summed E-state index contributed by atoms with van der Waals surface area (Å²) >= 11 is 1.50. The summed E-state index contributed by atoms with van der Waals surface area (Å²) in [7, 11) is 0. The van der Waals surface area contributed by atoms with Crippen molar-refractivity contribution in [2.75, 3.05) is 18.6 Å². The molecular formula is C16H17F3N2O3S. The molecule has 2 N–H and O–H groups in total. The zero-order chi connectivity index (χ0) is 18.6. The van der Waals surface area contributed by atoms with Crippen LogP contribution < -0.4 is 10.6 Å². The van der Waals surface area contributed by atoms with Crippen molar-refractivity contribution in [1.82, 2.24) is 10.6 Å². The Bertz CT molecular complexity index is 662. The van der Waals surface area contributed by atoms with Crippen LogP contribution in [0, 0.1) is 5.92 Å². The van der Waals surface area contributed by atoms with Gasteiger partial charge < -0.3 is 15.4 Å². The van der Waals surface area contributed by atoms with E-state index in [0.717, 1.165) is 12.1 Å². The van der Waals surface area contributed by atoms with Crippen molar-refractivity contribution in [3.63, 3.8) is 0 Å². The SMILES string of the molecule is C=C1NC(=O)N[C@H](c2ccc(C(F)(F)F)cc2)[C@H]1C(=O)OCCSC. The predicted molar refractivity (Wildman–Crippen MR) is 87.8 cm³/mol. The van der Waals surface area contributed by atoms with Gasteiger partial charge in [-0.25, -0.2) is 4.79 Å². The minimum absolute atomic E-state index is 0.141. The molecule has 1 saturated heterocycles. The number of thioether (sulfide) groups is 1. The summed E-state index contributed by atoms with van der Waals surface area (Å²) in [5.41, 5.74) is -0.312. The molecule has 0 aliphatic carbocycles. The number of hydrogen-bond donors (Lipinski definition) is 2. The number of benzene rings is 1. The number of amides is 2. The Morgan fingerprint density at radius 1 is 1.32 bits per heavy atom. The van der Waals surface area contributed by atoms with Crippen LogP contribution in [0.5, 0.6) is 0 Å². The lowest BCUT2D eigenvalue weighted by atomic mass is 9.88. The van der Waals surface area contributed by atoms with Gasteiger partial charge in [-0.1, -0.05) is 18.7 Å². The number of alkyl halides is 3. The molecule has 1 aliphatic heterocycles. The average Bonchev–Trinajstić information content (AvgIpc) is 2.53. The zero-order valence-electron chi connectivity index (χ0n) is 13.4. The van der Waals surface area contributed by atoms with Crippen LogP contribution in [0.25, 0.3) is 0 Å². The maximum atomic E-state index is 12.7. The molecule has 0 unspecified atom stereocenters. The van der Waals surface area contributed by atoms with Crippen molar-refractivity contribution in [1.29, 1.82) is 0 Å². The van der Waals surface area contributed by atoms with Crippen molar-refractivity contribution in [3.05, 3.63) is 47.7 Å². The minimum atomic E-state index is -4.46. The molecule has 1 fully saturated rings. The molecule has 25 heavy (non-hydrogen) atoms. The molecule has 0 aromatic heterocycles. The molecule has 0 saturated carbocycles. The van der Waals surface area contributed by atoms with E-state index in [0.29, 0.717) is 11.3 Å². The maximum Gasteiger partial charge on any atom is 0.416 e. The van der Waals surface area contributed by atoms with Crippen LogP contribution >= 0.6 is 11.8 Å². The number of hydrogen-bond acceptors (Lipinski definition) is 4. The minimum Gasteiger partial charge on any atom is -0.464 e. The number of ether oxygens (including phenoxy) is 1. The van der Waals surface area contributed by atoms with Gasteiger partial charge in [0.05, 0.1) is 11.6 Å².